The van der Waals surface area contributed by atoms with Gasteiger partial charge in [-0.1, -0.05) is 26.2 Å². The van der Waals surface area contributed by atoms with Crippen molar-refractivity contribution in [1.29, 1.82) is 0 Å². The molecule has 0 aliphatic carbocycles. The van der Waals surface area contributed by atoms with Gasteiger partial charge in [0.05, 0.1) is 16.6 Å². The van der Waals surface area contributed by atoms with Gasteiger partial charge in [-0.05, 0) is 34.5 Å². The number of carboxylic acid groups (broad SMARTS) is 1. The highest BCUT2D eigenvalue weighted by Crippen LogP contribution is 2.28. The minimum absolute atomic E-state index is 0.0685. The van der Waals surface area contributed by atoms with Crippen molar-refractivity contribution in [3.05, 3.63) is 28.0 Å². The lowest BCUT2D eigenvalue weighted by molar-refractivity contribution is 0.0695. The zero-order chi connectivity index (χ0) is 13.5. The summed E-state index contributed by atoms with van der Waals surface area (Å²) < 4.78 is 19.0. The zero-order valence-corrected chi connectivity index (χ0v) is 11.8. The maximum atomic E-state index is 13.8. The molecule has 100 valence electrons. The molecule has 0 spiro atoms. The highest BCUT2D eigenvalue weighted by atomic mass is 79.9. The van der Waals surface area contributed by atoms with E-state index in [0.29, 0.717) is 6.61 Å². The van der Waals surface area contributed by atoms with Crippen LogP contribution in [-0.2, 0) is 0 Å². The Hall–Kier alpha value is -1.10. The Morgan fingerprint density at radius 2 is 2.11 bits per heavy atom. The summed E-state index contributed by atoms with van der Waals surface area (Å²) in [6, 6.07) is 2.68. The molecule has 5 heteroatoms. The van der Waals surface area contributed by atoms with Gasteiger partial charge in [0.2, 0.25) is 0 Å². The second-order valence-electron chi connectivity index (χ2n) is 3.95. The molecule has 0 atom stereocenters. The summed E-state index contributed by atoms with van der Waals surface area (Å²) in [7, 11) is 0. The molecular formula is C13H16BrFO3. The molecule has 1 rings (SSSR count). The minimum Gasteiger partial charge on any atom is -0.490 e. The number of carbonyl (C=O) groups is 1. The summed E-state index contributed by atoms with van der Waals surface area (Å²) in [5.41, 5.74) is -0.106. The van der Waals surface area contributed by atoms with Gasteiger partial charge in [0, 0.05) is 0 Å². The summed E-state index contributed by atoms with van der Waals surface area (Å²) in [6.45, 7) is 2.55. The average molecular weight is 319 g/mol. The van der Waals surface area contributed by atoms with E-state index < -0.39 is 11.8 Å². The second-order valence-corrected chi connectivity index (χ2v) is 4.75. The molecule has 0 heterocycles. The molecular weight excluding hydrogens is 303 g/mol. The molecule has 0 unspecified atom stereocenters. The van der Waals surface area contributed by atoms with E-state index in [9.17, 15) is 9.18 Å². The van der Waals surface area contributed by atoms with Gasteiger partial charge in [-0.25, -0.2) is 9.18 Å². The third kappa shape index (κ3) is 3.98. The summed E-state index contributed by atoms with van der Waals surface area (Å²) >= 11 is 2.93. The Bertz CT molecular complexity index is 421. The Morgan fingerprint density at radius 1 is 1.39 bits per heavy atom. The molecule has 18 heavy (non-hydrogen) atoms. The van der Waals surface area contributed by atoms with Crippen molar-refractivity contribution in [2.45, 2.75) is 32.6 Å². The van der Waals surface area contributed by atoms with Crippen molar-refractivity contribution < 1.29 is 19.0 Å². The Kier molecular flexibility index (Phi) is 6.12. The van der Waals surface area contributed by atoms with Gasteiger partial charge < -0.3 is 9.84 Å². The molecule has 1 aromatic carbocycles. The number of carboxylic acids is 1. The molecule has 0 radical (unpaired) electrons. The van der Waals surface area contributed by atoms with Gasteiger partial charge in [0.1, 0.15) is 0 Å². The van der Waals surface area contributed by atoms with E-state index in [1.165, 1.54) is 12.1 Å². The van der Waals surface area contributed by atoms with Crippen LogP contribution >= 0.6 is 15.9 Å². The summed E-state index contributed by atoms with van der Waals surface area (Å²) in [4.78, 5) is 10.8. The van der Waals surface area contributed by atoms with Gasteiger partial charge in [-0.15, -0.1) is 0 Å². The first-order chi connectivity index (χ1) is 8.57. The maximum Gasteiger partial charge on any atom is 0.336 e. The lowest BCUT2D eigenvalue weighted by Crippen LogP contribution is -2.03. The van der Waals surface area contributed by atoms with Crippen molar-refractivity contribution in [1.82, 2.24) is 0 Å². The first-order valence-corrected chi connectivity index (χ1v) is 6.71. The fourth-order valence-electron chi connectivity index (χ4n) is 1.52. The van der Waals surface area contributed by atoms with E-state index in [0.717, 1.165) is 25.7 Å². The fourth-order valence-corrected chi connectivity index (χ4v) is 2.02. The second kappa shape index (κ2) is 7.36. The SMILES string of the molecule is CCCCCCOc1ccc(C(=O)O)c(Br)c1F. The fraction of sp³-hybridized carbons (Fsp3) is 0.462. The van der Waals surface area contributed by atoms with Gasteiger partial charge in [0.25, 0.3) is 0 Å². The molecule has 0 aliphatic heterocycles. The molecule has 0 saturated carbocycles. The van der Waals surface area contributed by atoms with Crippen LogP contribution in [0.5, 0.6) is 5.75 Å². The van der Waals surface area contributed by atoms with Crippen molar-refractivity contribution in [2.75, 3.05) is 6.61 Å². The smallest absolute Gasteiger partial charge is 0.336 e. The molecule has 1 N–H and O–H groups in total. The molecule has 0 aromatic heterocycles. The van der Waals surface area contributed by atoms with E-state index in [2.05, 4.69) is 22.9 Å². The number of ether oxygens (including phenoxy) is 1. The van der Waals surface area contributed by atoms with Gasteiger partial charge in [0.15, 0.2) is 11.6 Å². The number of hydrogen-bond donors (Lipinski definition) is 1. The standard InChI is InChI=1S/C13H16BrFO3/c1-2-3-4-5-8-18-10-7-6-9(13(16)17)11(14)12(10)15/h6-7H,2-5,8H2,1H3,(H,16,17). The van der Waals surface area contributed by atoms with E-state index >= 15 is 0 Å². The van der Waals surface area contributed by atoms with Crippen molar-refractivity contribution >= 4 is 21.9 Å². The first kappa shape index (κ1) is 15.0. The van der Waals surface area contributed by atoms with Crippen LogP contribution in [0.4, 0.5) is 4.39 Å². The molecule has 0 bridgehead atoms. The van der Waals surface area contributed by atoms with Crippen LogP contribution in [0, 0.1) is 5.82 Å². The number of aromatic carboxylic acids is 1. The van der Waals surface area contributed by atoms with E-state index in [-0.39, 0.29) is 15.8 Å². The van der Waals surface area contributed by atoms with Crippen LogP contribution in [0.3, 0.4) is 0 Å². The maximum absolute atomic E-state index is 13.8. The average Bonchev–Trinajstić information content (AvgIpc) is 2.33. The molecule has 0 aliphatic rings. The first-order valence-electron chi connectivity index (χ1n) is 5.92. The number of unbranched alkanes of at least 4 members (excludes halogenated alkanes) is 3. The van der Waals surface area contributed by atoms with Gasteiger partial charge in [-0.3, -0.25) is 0 Å². The monoisotopic (exact) mass is 318 g/mol. The number of halogens is 2. The number of hydrogen-bond acceptors (Lipinski definition) is 2. The van der Waals surface area contributed by atoms with Crippen molar-refractivity contribution in [3.8, 4) is 5.75 Å². The lowest BCUT2D eigenvalue weighted by Gasteiger charge is -2.09. The third-order valence-electron chi connectivity index (χ3n) is 2.53. The van der Waals surface area contributed by atoms with E-state index in [4.69, 9.17) is 9.84 Å². The zero-order valence-electron chi connectivity index (χ0n) is 10.2. The Balaban J connectivity index is 2.62. The van der Waals surface area contributed by atoms with Gasteiger partial charge in [-0.2, -0.15) is 0 Å². The van der Waals surface area contributed by atoms with E-state index in [1.807, 2.05) is 0 Å². The Labute approximate surface area is 114 Å². The summed E-state index contributed by atoms with van der Waals surface area (Å²) in [5.74, 6) is -1.75. The highest BCUT2D eigenvalue weighted by Gasteiger charge is 2.16. The highest BCUT2D eigenvalue weighted by molar-refractivity contribution is 9.10. The molecule has 0 fully saturated rings. The normalized spacial score (nSPS) is 10.4. The third-order valence-corrected chi connectivity index (χ3v) is 3.31. The largest absolute Gasteiger partial charge is 0.490 e. The van der Waals surface area contributed by atoms with Crippen molar-refractivity contribution in [2.24, 2.45) is 0 Å². The molecule has 3 nitrogen and oxygen atoms in total. The number of benzene rings is 1. The van der Waals surface area contributed by atoms with Crippen LogP contribution in [0.1, 0.15) is 43.0 Å². The predicted molar refractivity (Wildman–Crippen MR) is 70.7 cm³/mol. The summed E-state index contributed by atoms with van der Waals surface area (Å²) in [5, 5.41) is 8.82. The van der Waals surface area contributed by atoms with Crippen LogP contribution in [0.2, 0.25) is 0 Å². The van der Waals surface area contributed by atoms with Gasteiger partial charge >= 0.3 is 5.97 Å². The van der Waals surface area contributed by atoms with Crippen LogP contribution in [-0.4, -0.2) is 17.7 Å². The molecule has 0 amide bonds. The number of rotatable bonds is 7. The minimum atomic E-state index is -1.17. The Morgan fingerprint density at radius 3 is 2.72 bits per heavy atom. The van der Waals surface area contributed by atoms with Crippen LogP contribution in [0.15, 0.2) is 16.6 Å². The van der Waals surface area contributed by atoms with Crippen LogP contribution in [0.25, 0.3) is 0 Å². The molecule has 1 aromatic rings. The summed E-state index contributed by atoms with van der Waals surface area (Å²) in [6.07, 6.45) is 4.18. The van der Waals surface area contributed by atoms with Crippen molar-refractivity contribution in [3.63, 3.8) is 0 Å². The molecule has 0 saturated heterocycles. The lowest BCUT2D eigenvalue weighted by atomic mass is 10.2. The predicted octanol–water partition coefficient (Wildman–Crippen LogP) is 4.25. The van der Waals surface area contributed by atoms with Crippen LogP contribution < -0.4 is 4.74 Å². The quantitative estimate of drug-likeness (QED) is 0.765. The topological polar surface area (TPSA) is 46.5 Å². The van der Waals surface area contributed by atoms with E-state index in [1.54, 1.807) is 0 Å².